The van der Waals surface area contributed by atoms with Crippen LogP contribution in [0, 0.1) is 0 Å². The molecule has 1 aliphatic rings. The molecule has 0 radical (unpaired) electrons. The van der Waals surface area contributed by atoms with Gasteiger partial charge in [-0.25, -0.2) is 4.57 Å². The van der Waals surface area contributed by atoms with Gasteiger partial charge in [0, 0.05) is 12.8 Å². The number of carbonyl (C=O) groups is 2. The third kappa shape index (κ3) is 22.5. The summed E-state index contributed by atoms with van der Waals surface area (Å²) in [5.41, 5.74) is 0. The Hall–Kier alpha value is -1.67. The molecule has 0 spiro atoms. The number of allylic oxidation sites excluding steroid dienone is 4. The van der Waals surface area contributed by atoms with Gasteiger partial charge in [-0.15, -0.1) is 0 Å². The van der Waals surface area contributed by atoms with Crippen LogP contribution in [0.3, 0.4) is 0 Å². The molecule has 0 aromatic rings. The zero-order valence-corrected chi connectivity index (χ0v) is 32.5. The predicted molar refractivity (Wildman–Crippen MR) is 198 cm³/mol. The lowest BCUT2D eigenvalue weighted by atomic mass is 9.85. The number of aliphatic hydroxyl groups is 5. The summed E-state index contributed by atoms with van der Waals surface area (Å²) in [6.45, 7) is 3.16. The fraction of sp³-hybridized carbons (Fsp3) is 0.842. The fourth-order valence-electron chi connectivity index (χ4n) is 5.75. The first-order valence-corrected chi connectivity index (χ1v) is 21.1. The SMILES string of the molecule is CCC/C=C\CCCCCCCC(=O)OCC(COP(=O)(O)OC1C(O)C(O)C(O)C(O)C1O)OC(=O)CCCCCCC/C=C\CCCCCC. The Morgan fingerprint density at radius 2 is 1.02 bits per heavy atom. The molecule has 0 aromatic heterocycles. The summed E-state index contributed by atoms with van der Waals surface area (Å²) in [7, 11) is -5.11. The van der Waals surface area contributed by atoms with E-state index in [1.165, 1.54) is 25.7 Å². The van der Waals surface area contributed by atoms with Gasteiger partial charge in [-0.3, -0.25) is 18.6 Å². The average molecular weight is 765 g/mol. The van der Waals surface area contributed by atoms with E-state index in [2.05, 4.69) is 38.2 Å². The lowest BCUT2D eigenvalue weighted by Gasteiger charge is -2.41. The van der Waals surface area contributed by atoms with E-state index in [1.807, 2.05) is 0 Å². The third-order valence-electron chi connectivity index (χ3n) is 9.00. The quantitative estimate of drug-likeness (QED) is 0.0204. The minimum atomic E-state index is -5.11. The summed E-state index contributed by atoms with van der Waals surface area (Å²) in [6.07, 6.45) is 15.5. The number of carbonyl (C=O) groups excluding carboxylic acids is 2. The van der Waals surface area contributed by atoms with Crippen molar-refractivity contribution in [2.75, 3.05) is 13.2 Å². The van der Waals surface area contributed by atoms with Crippen LogP contribution in [0.25, 0.3) is 0 Å². The first kappa shape index (κ1) is 48.3. The highest BCUT2D eigenvalue weighted by atomic mass is 31.2. The van der Waals surface area contributed by atoms with Gasteiger partial charge in [0.15, 0.2) is 6.10 Å². The van der Waals surface area contributed by atoms with E-state index in [4.69, 9.17) is 18.5 Å². The minimum absolute atomic E-state index is 0.0857. The first-order valence-electron chi connectivity index (χ1n) is 19.6. The number of phosphoric ester groups is 1. The van der Waals surface area contributed by atoms with Crippen LogP contribution in [0.1, 0.15) is 149 Å². The van der Waals surface area contributed by atoms with Gasteiger partial charge in [0.25, 0.3) is 0 Å². The van der Waals surface area contributed by atoms with E-state index in [1.54, 1.807) is 0 Å². The second-order valence-corrected chi connectivity index (χ2v) is 15.2. The Morgan fingerprint density at radius 3 is 1.54 bits per heavy atom. The molecular weight excluding hydrogens is 695 g/mol. The molecule has 13 nitrogen and oxygen atoms in total. The molecule has 14 heteroatoms. The van der Waals surface area contributed by atoms with Gasteiger partial charge >= 0.3 is 19.8 Å². The number of esters is 2. The predicted octanol–water partition coefficient (Wildman–Crippen LogP) is 6.11. The number of unbranched alkanes of at least 4 members (excludes halogenated alkanes) is 15. The Labute approximate surface area is 311 Å². The van der Waals surface area contributed by atoms with Crippen LogP contribution in [-0.2, 0) is 32.7 Å². The van der Waals surface area contributed by atoms with Gasteiger partial charge in [0.1, 0.15) is 43.2 Å². The van der Waals surface area contributed by atoms with Crippen LogP contribution in [0.4, 0.5) is 0 Å². The zero-order valence-electron chi connectivity index (χ0n) is 31.6. The van der Waals surface area contributed by atoms with Crippen LogP contribution in [-0.4, -0.2) is 98.3 Å². The number of phosphoric acid groups is 1. The molecule has 0 saturated heterocycles. The van der Waals surface area contributed by atoms with Crippen molar-refractivity contribution in [2.45, 2.75) is 191 Å². The monoisotopic (exact) mass is 764 g/mol. The van der Waals surface area contributed by atoms with Crippen LogP contribution >= 0.6 is 7.82 Å². The van der Waals surface area contributed by atoms with E-state index in [0.717, 1.165) is 83.5 Å². The van der Waals surface area contributed by atoms with Gasteiger partial charge in [0.05, 0.1) is 6.61 Å². The van der Waals surface area contributed by atoms with Gasteiger partial charge in [-0.2, -0.15) is 0 Å². The number of aliphatic hydroxyl groups excluding tert-OH is 5. The van der Waals surface area contributed by atoms with Crippen LogP contribution in [0.5, 0.6) is 0 Å². The van der Waals surface area contributed by atoms with Crippen molar-refractivity contribution in [3.8, 4) is 0 Å². The van der Waals surface area contributed by atoms with E-state index in [9.17, 15) is 44.6 Å². The highest BCUT2D eigenvalue weighted by molar-refractivity contribution is 7.47. The number of hydrogen-bond acceptors (Lipinski definition) is 12. The molecule has 52 heavy (non-hydrogen) atoms. The molecule has 304 valence electrons. The van der Waals surface area contributed by atoms with Gasteiger partial charge in [-0.05, 0) is 57.8 Å². The zero-order chi connectivity index (χ0) is 38.6. The maximum absolute atomic E-state index is 12.7. The van der Waals surface area contributed by atoms with Gasteiger partial charge in [0.2, 0.25) is 0 Å². The van der Waals surface area contributed by atoms with Crippen molar-refractivity contribution in [2.24, 2.45) is 0 Å². The van der Waals surface area contributed by atoms with Gasteiger partial charge < -0.3 is 39.9 Å². The second-order valence-electron chi connectivity index (χ2n) is 13.8. The van der Waals surface area contributed by atoms with Crippen molar-refractivity contribution in [3.63, 3.8) is 0 Å². The van der Waals surface area contributed by atoms with Crippen molar-refractivity contribution in [1.29, 1.82) is 0 Å². The molecule has 0 aromatic carbocycles. The second kappa shape index (κ2) is 29.7. The van der Waals surface area contributed by atoms with Crippen LogP contribution < -0.4 is 0 Å². The van der Waals surface area contributed by atoms with Crippen molar-refractivity contribution in [3.05, 3.63) is 24.3 Å². The maximum Gasteiger partial charge on any atom is 0.472 e. The van der Waals surface area contributed by atoms with E-state index in [0.29, 0.717) is 12.8 Å². The fourth-order valence-corrected chi connectivity index (χ4v) is 6.73. The lowest BCUT2D eigenvalue weighted by molar-refractivity contribution is -0.220. The van der Waals surface area contributed by atoms with E-state index < -0.39 is 75.7 Å². The molecule has 0 bridgehead atoms. The topological polar surface area (TPSA) is 210 Å². The van der Waals surface area contributed by atoms with E-state index >= 15 is 0 Å². The van der Waals surface area contributed by atoms with Crippen molar-refractivity contribution >= 4 is 19.8 Å². The van der Waals surface area contributed by atoms with Crippen LogP contribution in [0.2, 0.25) is 0 Å². The highest BCUT2D eigenvalue weighted by Gasteiger charge is 2.51. The molecule has 6 N–H and O–H groups in total. The molecule has 6 atom stereocenters. The Morgan fingerprint density at radius 1 is 0.577 bits per heavy atom. The summed E-state index contributed by atoms with van der Waals surface area (Å²) in [4.78, 5) is 35.4. The van der Waals surface area contributed by atoms with E-state index in [-0.39, 0.29) is 12.8 Å². The minimum Gasteiger partial charge on any atom is -0.462 e. The molecule has 0 heterocycles. The Balaban J connectivity index is 2.55. The Kier molecular flexibility index (Phi) is 27.6. The molecule has 1 aliphatic carbocycles. The molecule has 1 fully saturated rings. The molecule has 0 aliphatic heterocycles. The average Bonchev–Trinajstić information content (AvgIpc) is 3.12. The summed E-state index contributed by atoms with van der Waals surface area (Å²) in [6, 6.07) is 0. The maximum atomic E-state index is 12.7. The highest BCUT2D eigenvalue weighted by Crippen LogP contribution is 2.47. The number of ether oxygens (including phenoxy) is 2. The molecule has 0 amide bonds. The number of hydrogen-bond donors (Lipinski definition) is 6. The van der Waals surface area contributed by atoms with Gasteiger partial charge in [-0.1, -0.05) is 102 Å². The third-order valence-corrected chi connectivity index (χ3v) is 9.98. The number of rotatable bonds is 31. The lowest BCUT2D eigenvalue weighted by Crippen LogP contribution is -2.64. The summed E-state index contributed by atoms with van der Waals surface area (Å²) < 4.78 is 33.3. The molecule has 1 rings (SSSR count). The smallest absolute Gasteiger partial charge is 0.462 e. The summed E-state index contributed by atoms with van der Waals surface area (Å²) in [5, 5.41) is 49.9. The molecule has 1 saturated carbocycles. The normalized spacial score (nSPS) is 23.9. The summed E-state index contributed by atoms with van der Waals surface area (Å²) in [5.74, 6) is -1.12. The van der Waals surface area contributed by atoms with Crippen molar-refractivity contribution in [1.82, 2.24) is 0 Å². The first-order chi connectivity index (χ1) is 24.9. The standard InChI is InChI=1S/C38H69O13P/c1-3-5-7-9-11-13-15-16-17-19-21-23-25-27-32(40)50-30(28-48-31(39)26-24-22-20-18-14-12-10-8-6-4-2)29-49-52(46,47)51-38-36(44)34(42)33(41)35(43)37(38)45/h8,10,13,15,30,33-38,41-45H,3-7,9,11-12,14,16-29H2,1-2H3,(H,46,47)/b10-8-,15-13-. The molecular formula is C38H69O13P. The van der Waals surface area contributed by atoms with Crippen molar-refractivity contribution < 1.29 is 63.1 Å². The Bertz CT molecular complexity index is 1020. The summed E-state index contributed by atoms with van der Waals surface area (Å²) >= 11 is 0. The molecule has 6 unspecified atom stereocenters. The van der Waals surface area contributed by atoms with Crippen LogP contribution in [0.15, 0.2) is 24.3 Å². The largest absolute Gasteiger partial charge is 0.472 e.